The fraction of sp³-hybridized carbons (Fsp3) is 0.0930. The lowest BCUT2D eigenvalue weighted by Gasteiger charge is -2.22. The van der Waals surface area contributed by atoms with Crippen LogP contribution >= 0.6 is 0 Å². The Bertz CT molecular complexity index is 2190. The number of nitrogens with zero attached hydrogens (tertiary/aromatic N) is 3. The van der Waals surface area contributed by atoms with Crippen LogP contribution in [0.1, 0.15) is 41.7 Å². The Morgan fingerprint density at radius 3 is 1.80 bits per heavy atom. The average Bonchev–Trinajstić information content (AvgIpc) is 3.38. The second kappa shape index (κ2) is 13.4. The van der Waals surface area contributed by atoms with Crippen LogP contribution in [0.15, 0.2) is 161 Å². The molecule has 1 aliphatic rings. The Morgan fingerprint density at radius 1 is 0.592 bits per heavy atom. The summed E-state index contributed by atoms with van der Waals surface area (Å²) in [7, 11) is -1.48. The maximum absolute atomic E-state index is 9.43. The van der Waals surface area contributed by atoms with Gasteiger partial charge in [-0.1, -0.05) is 153 Å². The molecule has 0 atom stereocenters. The van der Waals surface area contributed by atoms with Gasteiger partial charge in [0.2, 0.25) is 0 Å². The third-order valence-corrected chi connectivity index (χ3v) is 9.36. The van der Waals surface area contributed by atoms with E-state index in [1.54, 1.807) is 12.1 Å². The third-order valence-electron chi connectivity index (χ3n) is 9.36. The van der Waals surface area contributed by atoms with Crippen molar-refractivity contribution >= 4 is 31.0 Å². The summed E-state index contributed by atoms with van der Waals surface area (Å²) < 4.78 is 0. The number of rotatable bonds is 7. The van der Waals surface area contributed by atoms with E-state index in [4.69, 9.17) is 9.98 Å². The minimum Gasteiger partial charge on any atom is -0.423 e. The van der Waals surface area contributed by atoms with E-state index in [1.807, 2.05) is 42.5 Å². The van der Waals surface area contributed by atoms with Gasteiger partial charge in [-0.15, -0.1) is 0 Å². The fourth-order valence-electron chi connectivity index (χ4n) is 6.58. The Morgan fingerprint density at radius 2 is 1.14 bits per heavy atom. The van der Waals surface area contributed by atoms with Crippen LogP contribution < -0.4 is 5.46 Å². The van der Waals surface area contributed by atoms with Gasteiger partial charge in [0, 0.05) is 16.5 Å². The van der Waals surface area contributed by atoms with Gasteiger partial charge in [0.25, 0.3) is 0 Å². The topological polar surface area (TPSA) is 77.5 Å². The largest absolute Gasteiger partial charge is 0.488 e. The summed E-state index contributed by atoms with van der Waals surface area (Å²) in [5.74, 6) is 1.10. The molecule has 0 aromatic heterocycles. The van der Waals surface area contributed by atoms with Crippen LogP contribution in [-0.4, -0.2) is 35.6 Å². The van der Waals surface area contributed by atoms with Gasteiger partial charge in [0.1, 0.15) is 0 Å². The first-order valence-electron chi connectivity index (χ1n) is 16.4. The van der Waals surface area contributed by atoms with Gasteiger partial charge in [0.05, 0.1) is 6.54 Å². The van der Waals surface area contributed by atoms with E-state index in [9.17, 15) is 10.0 Å². The summed E-state index contributed by atoms with van der Waals surface area (Å²) in [6.07, 6.45) is 0. The molecule has 6 aromatic carbocycles. The van der Waals surface area contributed by atoms with E-state index in [2.05, 4.69) is 117 Å². The van der Waals surface area contributed by atoms with E-state index in [1.165, 1.54) is 22.3 Å². The minimum absolute atomic E-state index is 0.160. The van der Waals surface area contributed by atoms with Crippen molar-refractivity contribution in [2.24, 2.45) is 15.0 Å². The highest BCUT2D eigenvalue weighted by atomic mass is 16.4. The lowest BCUT2D eigenvalue weighted by molar-refractivity contribution is 0.426. The molecule has 0 radical (unpaired) electrons. The Labute approximate surface area is 287 Å². The average molecular weight is 638 g/mol. The van der Waals surface area contributed by atoms with Gasteiger partial charge >= 0.3 is 7.12 Å². The Hall–Kier alpha value is -5.69. The highest BCUT2D eigenvalue weighted by Gasteiger charge is 2.35. The zero-order valence-electron chi connectivity index (χ0n) is 27.6. The normalized spacial score (nSPS) is 13.5. The number of benzene rings is 6. The minimum atomic E-state index is -1.48. The van der Waals surface area contributed by atoms with Crippen LogP contribution in [0.4, 0.5) is 0 Å². The number of hydrogen-bond acceptors (Lipinski definition) is 3. The molecular weight excluding hydrogens is 601 g/mol. The summed E-state index contributed by atoms with van der Waals surface area (Å²) in [6, 6.07) is 49.1. The zero-order chi connectivity index (χ0) is 34.0. The molecule has 0 bridgehead atoms. The molecule has 0 aliphatic heterocycles. The highest BCUT2D eigenvalue weighted by molar-refractivity contribution is 6.58. The third kappa shape index (κ3) is 6.44. The SMILES string of the molecule is C=N/C(=N\C(=N/Cc1ccc(-c2ccc(B(O)O)cc2)cc1)c1ccc2c(c1)C(C)(C)c1ccccc1-2)c1ccc(-c2ccccc2)cc1. The zero-order valence-corrected chi connectivity index (χ0v) is 27.6. The molecule has 238 valence electrons. The molecule has 6 heteroatoms. The first-order chi connectivity index (χ1) is 23.8. The van der Waals surface area contributed by atoms with Crippen molar-refractivity contribution in [2.75, 3.05) is 0 Å². The molecule has 1 aliphatic carbocycles. The molecule has 0 amide bonds. The second-order valence-corrected chi connectivity index (χ2v) is 12.8. The molecule has 49 heavy (non-hydrogen) atoms. The van der Waals surface area contributed by atoms with Crippen molar-refractivity contribution < 1.29 is 10.0 Å². The van der Waals surface area contributed by atoms with Crippen LogP contribution in [0.3, 0.4) is 0 Å². The molecule has 0 heterocycles. The molecule has 7 rings (SSSR count). The predicted octanol–water partition coefficient (Wildman–Crippen LogP) is 8.10. The highest BCUT2D eigenvalue weighted by Crippen LogP contribution is 2.48. The van der Waals surface area contributed by atoms with Gasteiger partial charge < -0.3 is 10.0 Å². The number of aliphatic imine (C=N–C) groups is 3. The van der Waals surface area contributed by atoms with Gasteiger partial charge in [0.15, 0.2) is 11.7 Å². The predicted molar refractivity (Wildman–Crippen MR) is 204 cm³/mol. The number of fused-ring (bicyclic) bond motifs is 3. The van der Waals surface area contributed by atoms with Crippen molar-refractivity contribution in [1.29, 1.82) is 0 Å². The quantitative estimate of drug-likeness (QED) is 0.105. The van der Waals surface area contributed by atoms with Crippen molar-refractivity contribution in [1.82, 2.24) is 0 Å². The van der Waals surface area contributed by atoms with Crippen molar-refractivity contribution in [3.8, 4) is 33.4 Å². The molecular formula is C43H36BN3O2. The van der Waals surface area contributed by atoms with Crippen LogP contribution in [-0.2, 0) is 12.0 Å². The lowest BCUT2D eigenvalue weighted by atomic mass is 9.80. The van der Waals surface area contributed by atoms with E-state index < -0.39 is 7.12 Å². The fourth-order valence-corrected chi connectivity index (χ4v) is 6.58. The molecule has 0 fully saturated rings. The molecule has 0 saturated heterocycles. The first kappa shape index (κ1) is 31.9. The van der Waals surface area contributed by atoms with E-state index >= 15 is 0 Å². The summed E-state index contributed by atoms with van der Waals surface area (Å²) in [5.41, 5.74) is 12.5. The van der Waals surface area contributed by atoms with E-state index in [-0.39, 0.29) is 5.41 Å². The van der Waals surface area contributed by atoms with Gasteiger partial charge in [-0.25, -0.2) is 9.98 Å². The van der Waals surface area contributed by atoms with Crippen LogP contribution in [0, 0.1) is 0 Å². The summed E-state index contributed by atoms with van der Waals surface area (Å²) in [4.78, 5) is 14.5. The smallest absolute Gasteiger partial charge is 0.423 e. The maximum Gasteiger partial charge on any atom is 0.488 e. The molecule has 0 unspecified atom stereocenters. The number of hydrogen-bond donors (Lipinski definition) is 2. The van der Waals surface area contributed by atoms with E-state index in [0.29, 0.717) is 23.7 Å². The van der Waals surface area contributed by atoms with Crippen molar-refractivity contribution in [3.05, 3.63) is 173 Å². The standard InChI is InChI=1S/C43H36BN3O2/c1-43(2)39-12-8-7-11-37(39)38-26-23-35(27-40(38)43)42(47-41(45-3)34-19-17-32(18-20-34)30-9-5-4-6-10-30)46-28-29-13-15-31(16-14-29)33-21-24-36(25-22-33)44(48)49/h4-27,48-49H,3,28H2,1-2H3/b46-42-,47-41-. The Kier molecular flexibility index (Phi) is 8.75. The molecule has 0 spiro atoms. The summed E-state index contributed by atoms with van der Waals surface area (Å²) >= 11 is 0. The number of amidine groups is 2. The lowest BCUT2D eigenvalue weighted by Crippen LogP contribution is -2.29. The summed E-state index contributed by atoms with van der Waals surface area (Å²) in [6.45, 7) is 8.85. The van der Waals surface area contributed by atoms with Crippen LogP contribution in [0.25, 0.3) is 33.4 Å². The maximum atomic E-state index is 9.43. The first-order valence-corrected chi connectivity index (χ1v) is 16.4. The Balaban J connectivity index is 1.24. The molecule has 5 nitrogen and oxygen atoms in total. The van der Waals surface area contributed by atoms with Crippen LogP contribution in [0.5, 0.6) is 0 Å². The molecule has 0 saturated carbocycles. The summed E-state index contributed by atoms with van der Waals surface area (Å²) in [5, 5.41) is 18.9. The second-order valence-electron chi connectivity index (χ2n) is 12.8. The van der Waals surface area contributed by atoms with Gasteiger partial charge in [-0.3, -0.25) is 4.99 Å². The molecule has 6 aromatic rings. The van der Waals surface area contributed by atoms with Gasteiger partial charge in [-0.2, -0.15) is 0 Å². The molecule has 2 N–H and O–H groups in total. The van der Waals surface area contributed by atoms with Crippen LogP contribution in [0.2, 0.25) is 0 Å². The van der Waals surface area contributed by atoms with Gasteiger partial charge in [-0.05, 0) is 68.3 Å². The van der Waals surface area contributed by atoms with E-state index in [0.717, 1.165) is 38.9 Å². The van der Waals surface area contributed by atoms with Crippen molar-refractivity contribution in [2.45, 2.75) is 25.8 Å². The monoisotopic (exact) mass is 637 g/mol. The van der Waals surface area contributed by atoms with Crippen molar-refractivity contribution in [3.63, 3.8) is 0 Å².